The van der Waals surface area contributed by atoms with Crippen molar-refractivity contribution in [2.75, 3.05) is 0 Å². The number of ether oxygens (including phenoxy) is 1. The van der Waals surface area contributed by atoms with Crippen molar-refractivity contribution in [3.8, 4) is 5.75 Å². The van der Waals surface area contributed by atoms with Crippen LogP contribution in [0.3, 0.4) is 0 Å². The van der Waals surface area contributed by atoms with Crippen LogP contribution < -0.4 is 4.74 Å². The lowest BCUT2D eigenvalue weighted by atomic mass is 9.86. The zero-order valence-corrected chi connectivity index (χ0v) is 10.7. The zero-order valence-electron chi connectivity index (χ0n) is 10.7. The summed E-state index contributed by atoms with van der Waals surface area (Å²) < 4.78 is 42.3. The fourth-order valence-electron chi connectivity index (χ4n) is 2.49. The van der Waals surface area contributed by atoms with Crippen LogP contribution in [0, 0.1) is 0 Å². The van der Waals surface area contributed by atoms with Crippen molar-refractivity contribution in [1.29, 1.82) is 0 Å². The first kappa shape index (κ1) is 14.2. The van der Waals surface area contributed by atoms with E-state index < -0.39 is 24.3 Å². The van der Waals surface area contributed by atoms with Crippen LogP contribution in [0.4, 0.5) is 13.2 Å². The molecule has 5 heteroatoms. The third-order valence-corrected chi connectivity index (χ3v) is 3.43. The van der Waals surface area contributed by atoms with Crippen LogP contribution in [0.5, 0.6) is 5.75 Å². The molecule has 1 aliphatic heterocycles. The molecule has 19 heavy (non-hydrogen) atoms. The number of aliphatic hydroxyl groups excluding tert-OH is 1. The first-order chi connectivity index (χ1) is 8.79. The van der Waals surface area contributed by atoms with Gasteiger partial charge in [0.2, 0.25) is 0 Å². The Kier molecular flexibility index (Phi) is 3.76. The molecule has 1 aromatic carbocycles. The van der Waals surface area contributed by atoms with Gasteiger partial charge in [-0.15, -0.1) is 0 Å². The van der Waals surface area contributed by atoms with Crippen molar-refractivity contribution < 1.29 is 23.0 Å². The van der Waals surface area contributed by atoms with Gasteiger partial charge in [0.15, 0.2) is 0 Å². The molecule has 2 nitrogen and oxygen atoms in total. The molecular formula is C14H17F3O2. The molecule has 1 heterocycles. The van der Waals surface area contributed by atoms with Gasteiger partial charge in [0.05, 0.1) is 6.10 Å². The molecule has 0 radical (unpaired) electrons. The van der Waals surface area contributed by atoms with Crippen molar-refractivity contribution in [2.24, 2.45) is 0 Å². The molecule has 0 spiro atoms. The van der Waals surface area contributed by atoms with Gasteiger partial charge in [0.25, 0.3) is 0 Å². The number of para-hydroxylation sites is 1. The van der Waals surface area contributed by atoms with E-state index in [2.05, 4.69) is 0 Å². The van der Waals surface area contributed by atoms with Crippen LogP contribution in [0.2, 0.25) is 0 Å². The number of alkyl halides is 3. The third-order valence-electron chi connectivity index (χ3n) is 3.43. The summed E-state index contributed by atoms with van der Waals surface area (Å²) >= 11 is 0. The van der Waals surface area contributed by atoms with Gasteiger partial charge in [-0.05, 0) is 25.8 Å². The Bertz CT molecular complexity index is 445. The topological polar surface area (TPSA) is 29.5 Å². The summed E-state index contributed by atoms with van der Waals surface area (Å²) in [6.45, 7) is 1.75. The Morgan fingerprint density at radius 2 is 2.05 bits per heavy atom. The Labute approximate surface area is 110 Å². The lowest BCUT2D eigenvalue weighted by Gasteiger charge is -2.38. The van der Waals surface area contributed by atoms with Crippen molar-refractivity contribution in [3.63, 3.8) is 0 Å². The lowest BCUT2D eigenvalue weighted by Crippen LogP contribution is -2.38. The fraction of sp³-hybridized carbons (Fsp3) is 0.571. The van der Waals surface area contributed by atoms with E-state index in [1.165, 1.54) is 0 Å². The number of benzene rings is 1. The molecule has 0 aromatic heterocycles. The molecule has 1 N–H and O–H groups in total. The van der Waals surface area contributed by atoms with Crippen LogP contribution in [0.25, 0.3) is 0 Å². The van der Waals surface area contributed by atoms with Crippen LogP contribution in [-0.2, 0) is 0 Å². The number of fused-ring (bicyclic) bond motifs is 1. The summed E-state index contributed by atoms with van der Waals surface area (Å²) in [5.74, 6) is 0.566. The highest BCUT2D eigenvalue weighted by atomic mass is 19.4. The molecular weight excluding hydrogens is 257 g/mol. The number of hydrogen-bond acceptors (Lipinski definition) is 2. The van der Waals surface area contributed by atoms with Crippen molar-refractivity contribution in [3.05, 3.63) is 29.8 Å². The van der Waals surface area contributed by atoms with Gasteiger partial charge in [-0.2, -0.15) is 13.2 Å². The van der Waals surface area contributed by atoms with Crippen LogP contribution in [0.15, 0.2) is 24.3 Å². The van der Waals surface area contributed by atoms with Gasteiger partial charge in [-0.3, -0.25) is 0 Å². The van der Waals surface area contributed by atoms with Crippen molar-refractivity contribution >= 4 is 0 Å². The molecule has 2 atom stereocenters. The summed E-state index contributed by atoms with van der Waals surface area (Å²) in [5, 5.41) is 10.1. The minimum Gasteiger partial charge on any atom is -0.487 e. The molecule has 106 valence electrons. The third kappa shape index (κ3) is 3.62. The average molecular weight is 274 g/mol. The van der Waals surface area contributed by atoms with E-state index in [-0.39, 0.29) is 12.8 Å². The van der Waals surface area contributed by atoms with E-state index in [1.54, 1.807) is 31.2 Å². The van der Waals surface area contributed by atoms with Crippen LogP contribution in [-0.4, -0.2) is 16.9 Å². The van der Waals surface area contributed by atoms with Crippen molar-refractivity contribution in [1.82, 2.24) is 0 Å². The second-order valence-electron chi connectivity index (χ2n) is 5.28. The highest BCUT2D eigenvalue weighted by Crippen LogP contribution is 2.41. The molecule has 1 aliphatic rings. The highest BCUT2D eigenvalue weighted by Gasteiger charge is 2.37. The minimum atomic E-state index is -4.14. The molecule has 0 fully saturated rings. The Hall–Kier alpha value is -1.23. The molecule has 0 amide bonds. The number of rotatable bonds is 3. The molecule has 0 saturated carbocycles. The second-order valence-corrected chi connectivity index (χ2v) is 5.28. The molecule has 0 saturated heterocycles. The highest BCUT2D eigenvalue weighted by molar-refractivity contribution is 5.37. The lowest BCUT2D eigenvalue weighted by molar-refractivity contribution is -0.138. The molecule has 0 aliphatic carbocycles. The molecule has 2 rings (SSSR count). The average Bonchev–Trinajstić information content (AvgIpc) is 2.26. The predicted octanol–water partition coefficient (Wildman–Crippen LogP) is 3.99. The zero-order chi connectivity index (χ0) is 14.1. The fourth-order valence-corrected chi connectivity index (χ4v) is 2.49. The number of aliphatic hydroxyl groups is 1. The van der Waals surface area contributed by atoms with Gasteiger partial charge in [0, 0.05) is 18.4 Å². The van der Waals surface area contributed by atoms with E-state index >= 15 is 0 Å². The Balaban J connectivity index is 2.02. The number of halogens is 3. The quantitative estimate of drug-likeness (QED) is 0.903. The summed E-state index contributed by atoms with van der Waals surface area (Å²) in [6, 6.07) is 7.10. The number of hydrogen-bond donors (Lipinski definition) is 1. The second kappa shape index (κ2) is 5.04. The summed E-state index contributed by atoms with van der Waals surface area (Å²) in [4.78, 5) is 0. The molecule has 1 aromatic rings. The minimum absolute atomic E-state index is 0.00882. The van der Waals surface area contributed by atoms with E-state index in [4.69, 9.17) is 4.74 Å². The van der Waals surface area contributed by atoms with Gasteiger partial charge in [-0.25, -0.2) is 0 Å². The maximum absolute atomic E-state index is 12.2. The van der Waals surface area contributed by atoms with Gasteiger partial charge >= 0.3 is 6.18 Å². The molecule has 1 unspecified atom stereocenters. The summed E-state index contributed by atoms with van der Waals surface area (Å²) in [7, 11) is 0. The van der Waals surface area contributed by atoms with Gasteiger partial charge in [0.1, 0.15) is 11.4 Å². The SMILES string of the molecule is CC1(CCCC(F)(F)F)C[C@@H](O)c2ccccc2O1. The first-order valence-electron chi connectivity index (χ1n) is 6.32. The maximum Gasteiger partial charge on any atom is 0.389 e. The smallest absolute Gasteiger partial charge is 0.389 e. The Morgan fingerprint density at radius 3 is 2.74 bits per heavy atom. The van der Waals surface area contributed by atoms with E-state index in [0.717, 1.165) is 0 Å². The standard InChI is InChI=1S/C14H17F3O2/c1-13(7-4-8-14(15,16)17)9-11(18)10-5-2-3-6-12(10)19-13/h2-3,5-6,11,18H,4,7-9H2,1H3/t11-,13?/m1/s1. The summed E-state index contributed by atoms with van der Waals surface area (Å²) in [5.41, 5.74) is -0.0326. The van der Waals surface area contributed by atoms with E-state index in [1.807, 2.05) is 0 Å². The summed E-state index contributed by atoms with van der Waals surface area (Å²) in [6.07, 6.45) is -5.03. The normalized spacial score (nSPS) is 26.7. The van der Waals surface area contributed by atoms with Crippen LogP contribution >= 0.6 is 0 Å². The van der Waals surface area contributed by atoms with E-state index in [9.17, 15) is 18.3 Å². The van der Waals surface area contributed by atoms with Crippen molar-refractivity contribution in [2.45, 2.75) is 50.5 Å². The van der Waals surface area contributed by atoms with Gasteiger partial charge < -0.3 is 9.84 Å². The largest absolute Gasteiger partial charge is 0.487 e. The monoisotopic (exact) mass is 274 g/mol. The maximum atomic E-state index is 12.2. The van der Waals surface area contributed by atoms with Gasteiger partial charge in [-0.1, -0.05) is 18.2 Å². The molecule has 0 bridgehead atoms. The Morgan fingerprint density at radius 1 is 1.37 bits per heavy atom. The van der Waals surface area contributed by atoms with Crippen LogP contribution in [0.1, 0.15) is 44.3 Å². The van der Waals surface area contributed by atoms with E-state index in [0.29, 0.717) is 17.7 Å². The first-order valence-corrected chi connectivity index (χ1v) is 6.32. The predicted molar refractivity (Wildman–Crippen MR) is 65.0 cm³/mol.